The van der Waals surface area contributed by atoms with E-state index < -0.39 is 16.5 Å². The molecule has 2 N–H and O–H groups in total. The van der Waals surface area contributed by atoms with Crippen molar-refractivity contribution in [3.8, 4) is 0 Å². The average Bonchev–Trinajstić information content (AvgIpc) is 3.45. The number of hydrogen-bond donors (Lipinski definition) is 2. The molecule has 4 aliphatic rings. The Morgan fingerprint density at radius 2 is 1.93 bits per heavy atom. The number of halogens is 1. The van der Waals surface area contributed by atoms with Crippen molar-refractivity contribution in [1.29, 1.82) is 0 Å². The maximum absolute atomic E-state index is 13.2. The van der Waals surface area contributed by atoms with Crippen LogP contribution in [0.15, 0.2) is 12.1 Å². The zero-order valence-electron chi connectivity index (χ0n) is 24.0. The van der Waals surface area contributed by atoms with Crippen molar-refractivity contribution < 1.29 is 26.7 Å². The number of fused-ring (bicyclic) bond motifs is 5. The van der Waals surface area contributed by atoms with E-state index in [4.69, 9.17) is 15.8 Å². The highest BCUT2D eigenvalue weighted by Gasteiger charge is 2.64. The highest BCUT2D eigenvalue weighted by atomic mass is 35.5. The van der Waals surface area contributed by atoms with Crippen molar-refractivity contribution in [2.24, 2.45) is 46.3 Å². The van der Waals surface area contributed by atoms with Gasteiger partial charge in [-0.1, -0.05) is 39.3 Å². The zero-order valence-corrected chi connectivity index (χ0v) is 26.4. The number of rotatable bonds is 8. The summed E-state index contributed by atoms with van der Waals surface area (Å²) in [6, 6.07) is 3.80. The molecule has 0 bridgehead atoms. The minimum Gasteiger partial charge on any atom is -0.348 e. The van der Waals surface area contributed by atoms with Crippen LogP contribution in [0.2, 0.25) is 4.34 Å². The molecule has 40 heavy (non-hydrogen) atoms. The van der Waals surface area contributed by atoms with E-state index in [0.29, 0.717) is 31.6 Å². The number of ketones is 1. The van der Waals surface area contributed by atoms with Gasteiger partial charge in [0.2, 0.25) is 5.91 Å². The number of hydrogen-bond acceptors (Lipinski definition) is 6. The Morgan fingerprint density at radius 1 is 1.20 bits per heavy atom. The summed E-state index contributed by atoms with van der Waals surface area (Å²) in [6.45, 7) is 8.89. The van der Waals surface area contributed by atoms with Gasteiger partial charge in [0.05, 0.1) is 16.5 Å². The van der Waals surface area contributed by atoms with Crippen molar-refractivity contribution in [2.75, 3.05) is 0 Å². The van der Waals surface area contributed by atoms with Gasteiger partial charge in [-0.05, 0) is 103 Å². The monoisotopic (exact) mass is 613 g/mol. The van der Waals surface area contributed by atoms with E-state index in [0.717, 1.165) is 47.7 Å². The maximum atomic E-state index is 13.2. The van der Waals surface area contributed by atoms with E-state index in [2.05, 4.69) is 33.0 Å². The lowest BCUT2D eigenvalue weighted by molar-refractivity contribution is -0.164. The SMILES string of the molecule is CC[C@@H](NC(=O)C[C@@H](C)C1CC[C@H]2[C@@H]3[C@H](OS(=O)(=O)O)C[C@@H]4CC(=O)CC[C@]4(C)[C@H]3CC[C@]12C)c1ccc(Cl)s1. The van der Waals surface area contributed by atoms with Crippen LogP contribution in [0.25, 0.3) is 0 Å². The third kappa shape index (κ3) is 5.67. The van der Waals surface area contributed by atoms with Gasteiger partial charge < -0.3 is 5.32 Å². The lowest BCUT2D eigenvalue weighted by Crippen LogP contribution is -2.59. The second kappa shape index (κ2) is 11.3. The second-order valence-electron chi connectivity index (χ2n) is 13.6. The third-order valence-electron chi connectivity index (χ3n) is 11.7. The summed E-state index contributed by atoms with van der Waals surface area (Å²) < 4.78 is 39.8. The normalized spacial score (nSPS) is 39.1. The highest BCUT2D eigenvalue weighted by molar-refractivity contribution is 7.80. The highest BCUT2D eigenvalue weighted by Crippen LogP contribution is 2.68. The van der Waals surface area contributed by atoms with Crippen LogP contribution < -0.4 is 5.32 Å². The predicted molar refractivity (Wildman–Crippen MR) is 156 cm³/mol. The van der Waals surface area contributed by atoms with Crippen molar-refractivity contribution in [3.05, 3.63) is 21.3 Å². The number of thiophene rings is 1. The number of amides is 1. The van der Waals surface area contributed by atoms with Crippen LogP contribution in [0.4, 0.5) is 0 Å². The summed E-state index contributed by atoms with van der Waals surface area (Å²) in [5, 5.41) is 3.22. The summed E-state index contributed by atoms with van der Waals surface area (Å²) >= 11 is 7.63. The number of carbonyl (C=O) groups excluding carboxylic acids is 2. The molecule has 0 aliphatic heterocycles. The molecule has 224 valence electrons. The Hall–Kier alpha value is -1.000. The van der Waals surface area contributed by atoms with E-state index in [9.17, 15) is 22.6 Å². The fraction of sp³-hybridized carbons (Fsp3) is 0.800. The Morgan fingerprint density at radius 3 is 2.58 bits per heavy atom. The van der Waals surface area contributed by atoms with Gasteiger partial charge >= 0.3 is 10.4 Å². The standard InChI is InChI=1S/C30H44ClNO6S2/c1-5-23(25-8-9-26(31)39-25)32-27(34)14-17(2)20-6-7-21-28-22(11-13-30(20,21)4)29(3)12-10-19(33)15-18(29)16-24(28)38-40(35,36)37/h8-9,17-18,20-24,28H,5-7,10-16H2,1-4H3,(H,32,34)(H,35,36,37)/t17-,18+,20?,21+,22+,23-,24-,28+,29+,30-/m1/s1. The molecule has 4 fully saturated rings. The first-order valence-corrected chi connectivity index (χ1v) is 17.5. The van der Waals surface area contributed by atoms with E-state index in [1.54, 1.807) is 0 Å². The molecule has 1 aromatic rings. The summed E-state index contributed by atoms with van der Waals surface area (Å²) in [5.74, 6) is 1.40. The summed E-state index contributed by atoms with van der Waals surface area (Å²) in [6.07, 6.45) is 6.95. The molecule has 4 saturated carbocycles. The van der Waals surface area contributed by atoms with Crippen molar-refractivity contribution in [1.82, 2.24) is 5.32 Å². The first kappa shape index (κ1) is 30.5. The molecule has 0 radical (unpaired) electrons. The molecule has 1 heterocycles. The Kier molecular flexibility index (Phi) is 8.57. The van der Waals surface area contributed by atoms with Gasteiger partial charge in [-0.2, -0.15) is 8.42 Å². The fourth-order valence-corrected chi connectivity index (χ4v) is 11.5. The number of nitrogens with one attached hydrogen (secondary N) is 1. The van der Waals surface area contributed by atoms with Gasteiger partial charge in [0.25, 0.3) is 0 Å². The van der Waals surface area contributed by atoms with Gasteiger partial charge in [-0.15, -0.1) is 11.3 Å². The van der Waals surface area contributed by atoms with Crippen LogP contribution in [0.3, 0.4) is 0 Å². The van der Waals surface area contributed by atoms with Crippen LogP contribution in [0.5, 0.6) is 0 Å². The minimum absolute atomic E-state index is 0.00852. The van der Waals surface area contributed by atoms with E-state index in [1.165, 1.54) is 11.3 Å². The maximum Gasteiger partial charge on any atom is 0.397 e. The molecule has 4 aliphatic carbocycles. The van der Waals surface area contributed by atoms with Crippen LogP contribution in [-0.2, 0) is 24.2 Å². The first-order valence-electron chi connectivity index (χ1n) is 15.0. The Bertz CT molecular complexity index is 1230. The molecule has 7 nitrogen and oxygen atoms in total. The van der Waals surface area contributed by atoms with Gasteiger partial charge in [0.1, 0.15) is 5.78 Å². The van der Waals surface area contributed by atoms with Crippen LogP contribution in [0, 0.1) is 46.3 Å². The molecule has 0 aromatic carbocycles. The zero-order chi connectivity index (χ0) is 29.0. The van der Waals surface area contributed by atoms with Gasteiger partial charge in [-0.3, -0.25) is 14.1 Å². The van der Waals surface area contributed by atoms with Gasteiger partial charge in [0, 0.05) is 24.1 Å². The van der Waals surface area contributed by atoms with E-state index in [1.807, 2.05) is 12.1 Å². The van der Waals surface area contributed by atoms with Crippen LogP contribution in [-0.4, -0.2) is 30.8 Å². The Labute approximate surface area is 248 Å². The number of Topliss-reactive ketones (excluding diaryl/α,β-unsaturated/α-hetero) is 1. The van der Waals surface area contributed by atoms with Gasteiger partial charge in [0.15, 0.2) is 0 Å². The van der Waals surface area contributed by atoms with Crippen molar-refractivity contribution in [2.45, 2.75) is 104 Å². The molecule has 1 aromatic heterocycles. The second-order valence-corrected chi connectivity index (χ2v) is 16.4. The molecule has 10 atom stereocenters. The first-order chi connectivity index (χ1) is 18.7. The summed E-state index contributed by atoms with van der Waals surface area (Å²) in [7, 11) is -4.62. The summed E-state index contributed by atoms with van der Waals surface area (Å²) in [5.41, 5.74) is -0.0662. The van der Waals surface area contributed by atoms with Crippen molar-refractivity contribution >= 4 is 45.0 Å². The lowest BCUT2D eigenvalue weighted by Gasteiger charge is -2.62. The topological polar surface area (TPSA) is 110 Å². The molecular weight excluding hydrogens is 570 g/mol. The molecule has 5 rings (SSSR count). The Balaban J connectivity index is 1.34. The predicted octanol–water partition coefficient (Wildman–Crippen LogP) is 7.02. The minimum atomic E-state index is -4.62. The third-order valence-corrected chi connectivity index (χ3v) is 13.5. The smallest absolute Gasteiger partial charge is 0.348 e. The van der Waals surface area contributed by atoms with E-state index in [-0.39, 0.29) is 58.2 Å². The van der Waals surface area contributed by atoms with E-state index >= 15 is 0 Å². The molecule has 0 saturated heterocycles. The van der Waals surface area contributed by atoms with Gasteiger partial charge in [-0.25, -0.2) is 4.18 Å². The number of carbonyl (C=O) groups is 2. The fourth-order valence-electron chi connectivity index (χ4n) is 9.80. The summed E-state index contributed by atoms with van der Waals surface area (Å²) in [4.78, 5) is 26.6. The van der Waals surface area contributed by atoms with Crippen molar-refractivity contribution in [3.63, 3.8) is 0 Å². The molecule has 1 amide bonds. The molecule has 1 unspecified atom stereocenters. The molecule has 10 heteroatoms. The van der Waals surface area contributed by atoms with Crippen LogP contribution >= 0.6 is 22.9 Å². The molecule has 0 spiro atoms. The average molecular weight is 614 g/mol. The van der Waals surface area contributed by atoms with Crippen LogP contribution in [0.1, 0.15) is 103 Å². The quantitative estimate of drug-likeness (QED) is 0.305. The molecular formula is C30H44ClNO6S2. The lowest BCUT2D eigenvalue weighted by atomic mass is 9.44. The largest absolute Gasteiger partial charge is 0.397 e.